The minimum atomic E-state index is -4.78. The fourth-order valence-corrected chi connectivity index (χ4v) is 3.42. The van der Waals surface area contributed by atoms with Gasteiger partial charge < -0.3 is 10.1 Å². The molecule has 2 aromatic carbocycles. The lowest BCUT2D eigenvalue weighted by molar-refractivity contribution is -0.137. The second-order valence-corrected chi connectivity index (χ2v) is 7.82. The van der Waals surface area contributed by atoms with Gasteiger partial charge in [-0.05, 0) is 30.3 Å². The Labute approximate surface area is 172 Å². The van der Waals surface area contributed by atoms with Crippen molar-refractivity contribution in [2.45, 2.75) is 11.1 Å². The first kappa shape index (κ1) is 22.9. The standard InChI is InChI=1S/C16H11Cl2F3N2O5S/c17-10-5-4-8(6-12(10)29(22,26)27)15(25)28-7-13(24)23-14-9(16(19,20)21)2-1-3-11(14)18/h1-6H,7H2,(H,23,24)(H2,22,26,27). The van der Waals surface area contributed by atoms with Crippen molar-refractivity contribution in [2.24, 2.45) is 5.14 Å². The van der Waals surface area contributed by atoms with Crippen LogP contribution in [0.5, 0.6) is 0 Å². The van der Waals surface area contributed by atoms with Crippen molar-refractivity contribution in [3.8, 4) is 0 Å². The van der Waals surface area contributed by atoms with Crippen LogP contribution in [-0.4, -0.2) is 26.9 Å². The second-order valence-electron chi connectivity index (χ2n) is 5.47. The third-order valence-electron chi connectivity index (χ3n) is 3.39. The third kappa shape index (κ3) is 5.82. The number of hydrogen-bond acceptors (Lipinski definition) is 5. The van der Waals surface area contributed by atoms with Gasteiger partial charge in [0.05, 0.1) is 26.9 Å². The number of nitrogens with one attached hydrogen (secondary N) is 1. The molecule has 0 radical (unpaired) electrons. The number of sulfonamides is 1. The highest BCUT2D eigenvalue weighted by molar-refractivity contribution is 7.89. The number of anilines is 1. The maximum Gasteiger partial charge on any atom is 0.418 e. The number of esters is 1. The molecular weight excluding hydrogens is 460 g/mol. The Morgan fingerprint density at radius 2 is 1.76 bits per heavy atom. The molecule has 2 aromatic rings. The quantitative estimate of drug-likeness (QED) is 0.649. The van der Waals surface area contributed by atoms with Gasteiger partial charge in [-0.1, -0.05) is 29.3 Å². The average molecular weight is 471 g/mol. The molecule has 0 aliphatic heterocycles. The summed E-state index contributed by atoms with van der Waals surface area (Å²) < 4.78 is 66.6. The first-order valence-corrected chi connectivity index (χ1v) is 9.76. The van der Waals surface area contributed by atoms with E-state index in [2.05, 4.69) is 4.74 Å². The molecule has 0 bridgehead atoms. The molecule has 1 amide bonds. The van der Waals surface area contributed by atoms with Crippen molar-refractivity contribution in [3.05, 3.63) is 57.6 Å². The summed E-state index contributed by atoms with van der Waals surface area (Å²) in [5, 5.41) is 6.30. The van der Waals surface area contributed by atoms with Gasteiger partial charge >= 0.3 is 12.1 Å². The Bertz CT molecular complexity index is 1070. The lowest BCUT2D eigenvalue weighted by atomic mass is 10.1. The van der Waals surface area contributed by atoms with Gasteiger partial charge in [-0.2, -0.15) is 13.2 Å². The van der Waals surface area contributed by atoms with Crippen LogP contribution in [0.15, 0.2) is 41.3 Å². The first-order chi connectivity index (χ1) is 13.3. The van der Waals surface area contributed by atoms with E-state index in [-0.39, 0.29) is 15.6 Å². The van der Waals surface area contributed by atoms with E-state index in [1.165, 1.54) is 0 Å². The number of benzene rings is 2. The van der Waals surface area contributed by atoms with Crippen molar-refractivity contribution in [3.63, 3.8) is 0 Å². The lowest BCUT2D eigenvalue weighted by Crippen LogP contribution is -2.23. The molecule has 0 aliphatic rings. The normalized spacial score (nSPS) is 11.8. The molecule has 2 rings (SSSR count). The molecule has 0 fully saturated rings. The van der Waals surface area contributed by atoms with Gasteiger partial charge in [-0.3, -0.25) is 4.79 Å². The Hall–Kier alpha value is -2.34. The van der Waals surface area contributed by atoms with E-state index in [1.54, 1.807) is 0 Å². The number of carbonyl (C=O) groups excluding carboxylic acids is 2. The van der Waals surface area contributed by atoms with E-state index < -0.39 is 50.8 Å². The molecule has 156 valence electrons. The number of hydrogen-bond donors (Lipinski definition) is 2. The summed E-state index contributed by atoms with van der Waals surface area (Å²) in [5.74, 6) is -2.23. The molecule has 0 unspecified atom stereocenters. The molecule has 0 heterocycles. The molecular formula is C16H11Cl2F3N2O5S. The van der Waals surface area contributed by atoms with Gasteiger partial charge in [0.25, 0.3) is 5.91 Å². The molecule has 3 N–H and O–H groups in total. The number of rotatable bonds is 5. The summed E-state index contributed by atoms with van der Waals surface area (Å²) in [6.07, 6.45) is -4.78. The van der Waals surface area contributed by atoms with Gasteiger partial charge in [-0.25, -0.2) is 18.4 Å². The average Bonchev–Trinajstić information content (AvgIpc) is 2.59. The fraction of sp³-hybridized carbons (Fsp3) is 0.125. The van der Waals surface area contributed by atoms with Crippen LogP contribution in [-0.2, 0) is 25.7 Å². The van der Waals surface area contributed by atoms with Gasteiger partial charge in [0, 0.05) is 0 Å². The van der Waals surface area contributed by atoms with E-state index in [9.17, 15) is 31.2 Å². The lowest BCUT2D eigenvalue weighted by Gasteiger charge is -2.15. The summed E-state index contributed by atoms with van der Waals surface area (Å²) >= 11 is 11.4. The molecule has 0 aliphatic carbocycles. The molecule has 0 spiro atoms. The van der Waals surface area contributed by atoms with Gasteiger partial charge in [0.15, 0.2) is 6.61 Å². The smallest absolute Gasteiger partial charge is 0.418 e. The number of primary sulfonamides is 1. The van der Waals surface area contributed by atoms with Crippen LogP contribution in [0.4, 0.5) is 18.9 Å². The van der Waals surface area contributed by atoms with E-state index >= 15 is 0 Å². The number of ether oxygens (including phenoxy) is 1. The van der Waals surface area contributed by atoms with Crippen LogP contribution >= 0.6 is 23.2 Å². The molecule has 13 heteroatoms. The third-order valence-corrected chi connectivity index (χ3v) is 5.10. The largest absolute Gasteiger partial charge is 0.452 e. The maximum atomic E-state index is 13.0. The Balaban J connectivity index is 2.12. The van der Waals surface area contributed by atoms with E-state index in [1.807, 2.05) is 5.32 Å². The Morgan fingerprint density at radius 3 is 2.34 bits per heavy atom. The van der Waals surface area contributed by atoms with Crippen molar-refractivity contribution >= 4 is 50.8 Å². The molecule has 0 aromatic heterocycles. The van der Waals surface area contributed by atoms with Gasteiger partial charge in [0.2, 0.25) is 10.0 Å². The van der Waals surface area contributed by atoms with Crippen molar-refractivity contribution in [2.75, 3.05) is 11.9 Å². The summed E-state index contributed by atoms with van der Waals surface area (Å²) in [7, 11) is -4.23. The van der Waals surface area contributed by atoms with Crippen molar-refractivity contribution in [1.82, 2.24) is 0 Å². The maximum absolute atomic E-state index is 13.0. The molecule has 7 nitrogen and oxygen atoms in total. The van der Waals surface area contributed by atoms with E-state index in [4.69, 9.17) is 28.3 Å². The van der Waals surface area contributed by atoms with E-state index in [0.717, 1.165) is 36.4 Å². The highest BCUT2D eigenvalue weighted by atomic mass is 35.5. The monoisotopic (exact) mass is 470 g/mol. The van der Waals surface area contributed by atoms with Crippen molar-refractivity contribution < 1.29 is 35.9 Å². The number of nitrogens with two attached hydrogens (primary N) is 1. The van der Waals surface area contributed by atoms with Crippen LogP contribution in [0, 0.1) is 0 Å². The van der Waals surface area contributed by atoms with Crippen LogP contribution in [0.2, 0.25) is 10.0 Å². The fourth-order valence-electron chi connectivity index (χ4n) is 2.13. The number of carbonyl (C=O) groups is 2. The summed E-state index contributed by atoms with van der Waals surface area (Å²) in [5.41, 5.74) is -2.16. The summed E-state index contributed by atoms with van der Waals surface area (Å²) in [6, 6.07) is 5.96. The topological polar surface area (TPSA) is 116 Å². The first-order valence-electron chi connectivity index (χ1n) is 7.45. The van der Waals surface area contributed by atoms with Crippen LogP contribution in [0.25, 0.3) is 0 Å². The minimum Gasteiger partial charge on any atom is -0.452 e. The van der Waals surface area contributed by atoms with Crippen LogP contribution in [0.1, 0.15) is 15.9 Å². The van der Waals surface area contributed by atoms with Crippen molar-refractivity contribution in [1.29, 1.82) is 0 Å². The number of amides is 1. The predicted molar refractivity (Wildman–Crippen MR) is 98.2 cm³/mol. The highest BCUT2D eigenvalue weighted by Crippen LogP contribution is 2.38. The minimum absolute atomic E-state index is 0.236. The highest BCUT2D eigenvalue weighted by Gasteiger charge is 2.34. The second kappa shape index (κ2) is 8.57. The summed E-state index contributed by atoms with van der Waals surface area (Å²) in [6.45, 7) is -0.964. The van der Waals surface area contributed by atoms with Gasteiger partial charge in [0.1, 0.15) is 4.90 Å². The number of para-hydroxylation sites is 1. The molecule has 0 saturated heterocycles. The van der Waals surface area contributed by atoms with Gasteiger partial charge in [-0.15, -0.1) is 0 Å². The zero-order valence-electron chi connectivity index (χ0n) is 14.1. The number of halogens is 5. The zero-order chi connectivity index (χ0) is 22.0. The zero-order valence-corrected chi connectivity index (χ0v) is 16.4. The number of alkyl halides is 3. The van der Waals surface area contributed by atoms with E-state index in [0.29, 0.717) is 0 Å². The molecule has 0 atom stereocenters. The Kier molecular flexibility index (Phi) is 6.78. The summed E-state index contributed by atoms with van der Waals surface area (Å²) in [4.78, 5) is 23.4. The molecule has 29 heavy (non-hydrogen) atoms. The SMILES string of the molecule is NS(=O)(=O)c1cc(C(=O)OCC(=O)Nc2c(Cl)cccc2C(F)(F)F)ccc1Cl. The predicted octanol–water partition coefficient (Wildman–Crippen LogP) is 3.46. The molecule has 0 saturated carbocycles. The Morgan fingerprint density at radius 1 is 1.10 bits per heavy atom. The van der Waals surface area contributed by atoms with Crippen LogP contribution in [0.3, 0.4) is 0 Å². The van der Waals surface area contributed by atoms with Crippen LogP contribution < -0.4 is 10.5 Å².